The summed E-state index contributed by atoms with van der Waals surface area (Å²) in [5.41, 5.74) is 1.49. The fourth-order valence-corrected chi connectivity index (χ4v) is 1.53. The minimum atomic E-state index is -0.116. The number of hydrogen-bond donors (Lipinski definition) is 3. The Morgan fingerprint density at radius 1 is 1.10 bits per heavy atom. The summed E-state index contributed by atoms with van der Waals surface area (Å²) >= 11 is 0. The van der Waals surface area contributed by atoms with Gasteiger partial charge in [-0.05, 0) is 38.5 Å². The van der Waals surface area contributed by atoms with Crippen LogP contribution in [0.3, 0.4) is 0 Å². The van der Waals surface area contributed by atoms with Crippen LogP contribution in [0.4, 0.5) is 0 Å². The molecule has 5 heteroatoms. The van der Waals surface area contributed by atoms with E-state index in [4.69, 9.17) is 0 Å². The van der Waals surface area contributed by atoms with Crippen LogP contribution in [0.15, 0.2) is 24.3 Å². The van der Waals surface area contributed by atoms with Crippen molar-refractivity contribution in [1.82, 2.24) is 16.0 Å². The zero-order valence-corrected chi connectivity index (χ0v) is 12.5. The molecule has 1 rings (SSSR count). The molecular formula is C15H23N3O2. The molecule has 0 spiro atoms. The molecule has 2 amide bonds. The topological polar surface area (TPSA) is 70.2 Å². The minimum absolute atomic E-state index is 0.0460. The highest BCUT2D eigenvalue weighted by Crippen LogP contribution is 2.04. The minimum Gasteiger partial charge on any atom is -0.355 e. The Kier molecular flexibility index (Phi) is 5.70. The van der Waals surface area contributed by atoms with Crippen molar-refractivity contribution < 1.29 is 9.59 Å². The number of carbonyl (C=O) groups is 2. The lowest BCUT2D eigenvalue weighted by Gasteiger charge is -2.20. The van der Waals surface area contributed by atoms with Gasteiger partial charge in [0.25, 0.3) is 5.91 Å². The van der Waals surface area contributed by atoms with E-state index in [0.29, 0.717) is 18.7 Å². The number of carbonyl (C=O) groups excluding carboxylic acids is 2. The van der Waals surface area contributed by atoms with Gasteiger partial charge < -0.3 is 16.0 Å². The van der Waals surface area contributed by atoms with Gasteiger partial charge in [-0.3, -0.25) is 9.59 Å². The van der Waals surface area contributed by atoms with Gasteiger partial charge in [-0.1, -0.05) is 12.1 Å². The Balaban J connectivity index is 2.42. The van der Waals surface area contributed by atoms with Crippen LogP contribution in [-0.4, -0.2) is 30.9 Å². The van der Waals surface area contributed by atoms with Gasteiger partial charge in [-0.2, -0.15) is 0 Å². The van der Waals surface area contributed by atoms with E-state index >= 15 is 0 Å². The fourth-order valence-electron chi connectivity index (χ4n) is 1.53. The van der Waals surface area contributed by atoms with E-state index < -0.39 is 0 Å². The summed E-state index contributed by atoms with van der Waals surface area (Å²) in [6.07, 6.45) is 0. The second-order valence-corrected chi connectivity index (χ2v) is 5.66. The van der Waals surface area contributed by atoms with Crippen molar-refractivity contribution >= 4 is 11.8 Å². The maximum atomic E-state index is 11.6. The Hall–Kier alpha value is -1.88. The number of amides is 2. The molecule has 0 heterocycles. The van der Waals surface area contributed by atoms with Gasteiger partial charge in [0.1, 0.15) is 0 Å². The van der Waals surface area contributed by atoms with Crippen molar-refractivity contribution in [2.24, 2.45) is 0 Å². The predicted octanol–water partition coefficient (Wildman–Crippen LogP) is 1.05. The van der Waals surface area contributed by atoms with E-state index in [9.17, 15) is 9.59 Å². The molecule has 0 fully saturated rings. The molecule has 5 nitrogen and oxygen atoms in total. The first-order valence-corrected chi connectivity index (χ1v) is 6.64. The Morgan fingerprint density at radius 2 is 1.70 bits per heavy atom. The largest absolute Gasteiger partial charge is 0.355 e. The quantitative estimate of drug-likeness (QED) is 0.753. The highest BCUT2D eigenvalue weighted by molar-refractivity contribution is 5.93. The second kappa shape index (κ2) is 7.05. The lowest BCUT2D eigenvalue weighted by Crippen LogP contribution is -2.43. The van der Waals surface area contributed by atoms with E-state index in [1.165, 1.54) is 0 Å². The van der Waals surface area contributed by atoms with Gasteiger partial charge in [0, 0.05) is 24.7 Å². The molecule has 20 heavy (non-hydrogen) atoms. The molecule has 0 aliphatic heterocycles. The Bertz CT molecular complexity index is 461. The van der Waals surface area contributed by atoms with Gasteiger partial charge in [-0.15, -0.1) is 0 Å². The molecule has 0 unspecified atom stereocenters. The van der Waals surface area contributed by atoms with Gasteiger partial charge >= 0.3 is 0 Å². The fraction of sp³-hybridized carbons (Fsp3) is 0.467. The molecule has 0 saturated heterocycles. The van der Waals surface area contributed by atoms with Crippen molar-refractivity contribution in [1.29, 1.82) is 0 Å². The molecule has 1 aromatic rings. The number of benzene rings is 1. The lowest BCUT2D eigenvalue weighted by atomic mass is 10.1. The van der Waals surface area contributed by atoms with E-state index in [0.717, 1.165) is 5.56 Å². The highest BCUT2D eigenvalue weighted by atomic mass is 16.2. The molecule has 0 aliphatic rings. The standard InChI is InChI=1S/C15H23N3O2/c1-15(2,3)18-10-13(19)17-9-11-5-7-12(8-6-11)14(20)16-4/h5-8,18H,9-10H2,1-4H3,(H,16,20)(H,17,19). The monoisotopic (exact) mass is 277 g/mol. The van der Waals surface area contributed by atoms with Crippen LogP contribution >= 0.6 is 0 Å². The number of rotatable bonds is 5. The van der Waals surface area contributed by atoms with E-state index in [-0.39, 0.29) is 17.4 Å². The first-order chi connectivity index (χ1) is 9.31. The smallest absolute Gasteiger partial charge is 0.251 e. The van der Waals surface area contributed by atoms with Crippen molar-refractivity contribution in [2.75, 3.05) is 13.6 Å². The first kappa shape index (κ1) is 16.2. The number of hydrogen-bond acceptors (Lipinski definition) is 3. The molecule has 0 radical (unpaired) electrons. The van der Waals surface area contributed by atoms with Crippen LogP contribution in [-0.2, 0) is 11.3 Å². The van der Waals surface area contributed by atoms with Crippen molar-refractivity contribution in [3.63, 3.8) is 0 Å². The maximum Gasteiger partial charge on any atom is 0.251 e. The van der Waals surface area contributed by atoms with Crippen LogP contribution in [0, 0.1) is 0 Å². The molecule has 1 aromatic carbocycles. The SMILES string of the molecule is CNC(=O)c1ccc(CNC(=O)CNC(C)(C)C)cc1. The molecule has 3 N–H and O–H groups in total. The molecule has 0 bridgehead atoms. The average Bonchev–Trinajstić information content (AvgIpc) is 2.41. The summed E-state index contributed by atoms with van der Waals surface area (Å²) in [6.45, 7) is 6.78. The van der Waals surface area contributed by atoms with Gasteiger partial charge in [-0.25, -0.2) is 0 Å². The van der Waals surface area contributed by atoms with Crippen LogP contribution < -0.4 is 16.0 Å². The summed E-state index contributed by atoms with van der Waals surface area (Å²) in [5.74, 6) is -0.162. The van der Waals surface area contributed by atoms with Crippen LogP contribution in [0.25, 0.3) is 0 Å². The maximum absolute atomic E-state index is 11.6. The Labute approximate surface area is 120 Å². The third-order valence-corrected chi connectivity index (χ3v) is 2.71. The first-order valence-electron chi connectivity index (χ1n) is 6.64. The third kappa shape index (κ3) is 5.84. The molecule has 0 saturated carbocycles. The number of nitrogens with one attached hydrogen (secondary N) is 3. The summed E-state index contributed by atoms with van der Waals surface area (Å²) in [7, 11) is 1.60. The van der Waals surface area contributed by atoms with E-state index in [2.05, 4.69) is 16.0 Å². The van der Waals surface area contributed by atoms with Gasteiger partial charge in [0.2, 0.25) is 5.91 Å². The second-order valence-electron chi connectivity index (χ2n) is 5.66. The zero-order valence-electron chi connectivity index (χ0n) is 12.5. The predicted molar refractivity (Wildman–Crippen MR) is 79.4 cm³/mol. The van der Waals surface area contributed by atoms with Gasteiger partial charge in [0.15, 0.2) is 0 Å². The zero-order chi connectivity index (χ0) is 15.2. The van der Waals surface area contributed by atoms with Crippen molar-refractivity contribution in [3.05, 3.63) is 35.4 Å². The molecular weight excluding hydrogens is 254 g/mol. The highest BCUT2D eigenvalue weighted by Gasteiger charge is 2.11. The van der Waals surface area contributed by atoms with Crippen LogP contribution in [0.1, 0.15) is 36.7 Å². The summed E-state index contributed by atoms with van der Waals surface area (Å²) in [6, 6.07) is 7.16. The van der Waals surface area contributed by atoms with Crippen LogP contribution in [0.2, 0.25) is 0 Å². The van der Waals surface area contributed by atoms with Crippen molar-refractivity contribution in [3.8, 4) is 0 Å². The molecule has 110 valence electrons. The third-order valence-electron chi connectivity index (χ3n) is 2.71. The normalized spacial score (nSPS) is 11.0. The van der Waals surface area contributed by atoms with Gasteiger partial charge in [0.05, 0.1) is 6.54 Å². The summed E-state index contributed by atoms with van der Waals surface area (Å²) < 4.78 is 0. The average molecular weight is 277 g/mol. The van der Waals surface area contributed by atoms with Crippen LogP contribution in [0.5, 0.6) is 0 Å². The van der Waals surface area contributed by atoms with Crippen molar-refractivity contribution in [2.45, 2.75) is 32.9 Å². The van der Waals surface area contributed by atoms with E-state index in [1.807, 2.05) is 32.9 Å². The molecule has 0 aromatic heterocycles. The summed E-state index contributed by atoms with van der Waals surface area (Å²) in [5, 5.41) is 8.52. The molecule has 0 atom stereocenters. The lowest BCUT2D eigenvalue weighted by molar-refractivity contribution is -0.120. The molecule has 0 aliphatic carbocycles. The summed E-state index contributed by atoms with van der Waals surface area (Å²) in [4.78, 5) is 23.0. The Morgan fingerprint density at radius 3 is 2.20 bits per heavy atom. The van der Waals surface area contributed by atoms with E-state index in [1.54, 1.807) is 19.2 Å².